The van der Waals surface area contributed by atoms with Gasteiger partial charge in [0.1, 0.15) is 11.6 Å². The number of nitrogens with one attached hydrogen (secondary N) is 1. The van der Waals surface area contributed by atoms with Gasteiger partial charge in [-0.15, -0.1) is 11.3 Å². The van der Waals surface area contributed by atoms with Gasteiger partial charge in [0, 0.05) is 18.1 Å². The minimum Gasteiger partial charge on any atom is -0.371 e. The Labute approximate surface area is 102 Å². The van der Waals surface area contributed by atoms with Crippen LogP contribution in [-0.2, 0) is 4.74 Å². The fourth-order valence-corrected chi connectivity index (χ4v) is 2.10. The molecular formula is C10H15F3N2OS. The highest BCUT2D eigenvalue weighted by molar-refractivity contribution is 7.09. The Kier molecular flexibility index (Phi) is 5.87. The SMILES string of the molecule is CCC(NCCOCC(F)(F)F)c1nccs1. The molecule has 0 aliphatic heterocycles. The van der Waals surface area contributed by atoms with E-state index in [4.69, 9.17) is 0 Å². The van der Waals surface area contributed by atoms with E-state index in [9.17, 15) is 13.2 Å². The van der Waals surface area contributed by atoms with E-state index in [0.29, 0.717) is 6.54 Å². The Bertz CT molecular complexity index is 303. The maximum Gasteiger partial charge on any atom is 0.411 e. The lowest BCUT2D eigenvalue weighted by atomic mass is 10.2. The highest BCUT2D eigenvalue weighted by Crippen LogP contribution is 2.18. The zero-order valence-electron chi connectivity index (χ0n) is 9.46. The van der Waals surface area contributed by atoms with Crippen LogP contribution < -0.4 is 5.32 Å². The first-order chi connectivity index (χ1) is 8.03. The van der Waals surface area contributed by atoms with Gasteiger partial charge in [-0.25, -0.2) is 4.98 Å². The molecule has 1 heterocycles. The van der Waals surface area contributed by atoms with Crippen LogP contribution in [0.15, 0.2) is 11.6 Å². The summed E-state index contributed by atoms with van der Waals surface area (Å²) < 4.78 is 39.8. The van der Waals surface area contributed by atoms with Crippen molar-refractivity contribution >= 4 is 11.3 Å². The molecule has 1 aromatic rings. The molecule has 0 aliphatic rings. The molecule has 1 aromatic heterocycles. The summed E-state index contributed by atoms with van der Waals surface area (Å²) in [6.07, 6.45) is -1.70. The van der Waals surface area contributed by atoms with Crippen LogP contribution in [-0.4, -0.2) is 30.9 Å². The maximum absolute atomic E-state index is 11.8. The fourth-order valence-electron chi connectivity index (χ4n) is 1.31. The van der Waals surface area contributed by atoms with E-state index in [2.05, 4.69) is 15.0 Å². The molecule has 0 spiro atoms. The second-order valence-electron chi connectivity index (χ2n) is 3.45. The molecule has 0 radical (unpaired) electrons. The molecule has 0 amide bonds. The number of halogens is 3. The highest BCUT2D eigenvalue weighted by atomic mass is 32.1. The zero-order chi connectivity index (χ0) is 12.7. The number of alkyl halides is 3. The number of aromatic nitrogens is 1. The van der Waals surface area contributed by atoms with Gasteiger partial charge in [0.05, 0.1) is 12.6 Å². The minimum atomic E-state index is -4.25. The van der Waals surface area contributed by atoms with Gasteiger partial charge in [0.2, 0.25) is 0 Å². The van der Waals surface area contributed by atoms with Crippen LogP contribution in [0.4, 0.5) is 13.2 Å². The van der Waals surface area contributed by atoms with Crippen molar-refractivity contribution in [1.82, 2.24) is 10.3 Å². The molecule has 17 heavy (non-hydrogen) atoms. The first kappa shape index (κ1) is 14.4. The molecule has 1 rings (SSSR count). The van der Waals surface area contributed by atoms with Crippen molar-refractivity contribution in [3.8, 4) is 0 Å². The number of ether oxygens (including phenoxy) is 1. The summed E-state index contributed by atoms with van der Waals surface area (Å²) in [5.41, 5.74) is 0. The predicted molar refractivity (Wildman–Crippen MR) is 60.0 cm³/mol. The van der Waals surface area contributed by atoms with Crippen molar-refractivity contribution in [3.63, 3.8) is 0 Å². The van der Waals surface area contributed by atoms with E-state index < -0.39 is 12.8 Å². The average Bonchev–Trinajstić information content (AvgIpc) is 2.75. The molecule has 0 aromatic carbocycles. The van der Waals surface area contributed by atoms with E-state index in [0.717, 1.165) is 11.4 Å². The number of hydrogen-bond acceptors (Lipinski definition) is 4. The topological polar surface area (TPSA) is 34.1 Å². The monoisotopic (exact) mass is 268 g/mol. The Hall–Kier alpha value is -0.660. The molecule has 98 valence electrons. The molecular weight excluding hydrogens is 253 g/mol. The molecule has 0 fully saturated rings. The predicted octanol–water partition coefficient (Wildman–Crippen LogP) is 2.76. The van der Waals surface area contributed by atoms with Gasteiger partial charge >= 0.3 is 6.18 Å². The van der Waals surface area contributed by atoms with Gasteiger partial charge in [-0.1, -0.05) is 6.92 Å². The van der Waals surface area contributed by atoms with Gasteiger partial charge in [-0.3, -0.25) is 0 Å². The van der Waals surface area contributed by atoms with Gasteiger partial charge < -0.3 is 10.1 Å². The van der Waals surface area contributed by atoms with Gasteiger partial charge in [0.15, 0.2) is 0 Å². The summed E-state index contributed by atoms with van der Waals surface area (Å²) in [6.45, 7) is 1.23. The first-order valence-electron chi connectivity index (χ1n) is 5.30. The fraction of sp³-hybridized carbons (Fsp3) is 0.700. The van der Waals surface area contributed by atoms with Crippen LogP contribution in [0, 0.1) is 0 Å². The Morgan fingerprint density at radius 1 is 1.53 bits per heavy atom. The van der Waals surface area contributed by atoms with E-state index in [1.807, 2.05) is 12.3 Å². The third-order valence-corrected chi connectivity index (χ3v) is 2.95. The van der Waals surface area contributed by atoms with Crippen molar-refractivity contribution < 1.29 is 17.9 Å². The van der Waals surface area contributed by atoms with Crippen LogP contribution >= 0.6 is 11.3 Å². The van der Waals surface area contributed by atoms with Crippen molar-refractivity contribution in [2.45, 2.75) is 25.6 Å². The summed E-state index contributed by atoms with van der Waals surface area (Å²) in [7, 11) is 0. The first-order valence-corrected chi connectivity index (χ1v) is 6.18. The summed E-state index contributed by atoms with van der Waals surface area (Å²) in [5, 5.41) is 5.94. The number of thiazole rings is 1. The minimum absolute atomic E-state index is 0.0430. The number of nitrogens with zero attached hydrogens (tertiary/aromatic N) is 1. The summed E-state index contributed by atoms with van der Waals surface area (Å²) >= 11 is 1.53. The lowest BCUT2D eigenvalue weighted by Gasteiger charge is -2.14. The maximum atomic E-state index is 11.8. The third-order valence-electron chi connectivity index (χ3n) is 2.06. The molecule has 1 unspecified atom stereocenters. The quantitative estimate of drug-likeness (QED) is 0.772. The molecule has 7 heteroatoms. The molecule has 1 atom stereocenters. The van der Waals surface area contributed by atoms with Crippen LogP contribution in [0.2, 0.25) is 0 Å². The van der Waals surface area contributed by atoms with Gasteiger partial charge in [-0.2, -0.15) is 13.2 Å². The standard InChI is InChI=1S/C10H15F3N2OS/c1-2-8(9-15-4-6-17-9)14-3-5-16-7-10(11,12)13/h4,6,8,14H,2-3,5,7H2,1H3. The van der Waals surface area contributed by atoms with E-state index >= 15 is 0 Å². The van der Waals surface area contributed by atoms with Crippen LogP contribution in [0.25, 0.3) is 0 Å². The number of hydrogen-bond donors (Lipinski definition) is 1. The molecule has 1 N–H and O–H groups in total. The van der Waals surface area contributed by atoms with Crippen LogP contribution in [0.1, 0.15) is 24.4 Å². The summed E-state index contributed by atoms with van der Waals surface area (Å²) in [6, 6.07) is 0.0875. The zero-order valence-corrected chi connectivity index (χ0v) is 10.3. The number of rotatable bonds is 7. The van der Waals surface area contributed by atoms with Gasteiger partial charge in [0.25, 0.3) is 0 Å². The average molecular weight is 268 g/mol. The molecule has 0 saturated heterocycles. The van der Waals surface area contributed by atoms with Crippen molar-refractivity contribution in [3.05, 3.63) is 16.6 Å². The third kappa shape index (κ3) is 5.99. The van der Waals surface area contributed by atoms with E-state index in [-0.39, 0.29) is 12.6 Å². The summed E-state index contributed by atoms with van der Waals surface area (Å²) in [5.74, 6) is 0. The van der Waals surface area contributed by atoms with Crippen LogP contribution in [0.3, 0.4) is 0 Å². The Morgan fingerprint density at radius 2 is 2.29 bits per heavy atom. The van der Waals surface area contributed by atoms with Crippen LogP contribution in [0.5, 0.6) is 0 Å². The second-order valence-corrected chi connectivity index (χ2v) is 4.38. The van der Waals surface area contributed by atoms with E-state index in [1.165, 1.54) is 11.3 Å². The largest absolute Gasteiger partial charge is 0.411 e. The van der Waals surface area contributed by atoms with Crippen molar-refractivity contribution in [1.29, 1.82) is 0 Å². The normalized spacial score (nSPS) is 13.9. The summed E-state index contributed by atoms with van der Waals surface area (Å²) in [4.78, 5) is 4.16. The second kappa shape index (κ2) is 6.93. The highest BCUT2D eigenvalue weighted by Gasteiger charge is 2.27. The molecule has 0 bridgehead atoms. The molecule has 3 nitrogen and oxygen atoms in total. The smallest absolute Gasteiger partial charge is 0.371 e. The van der Waals surface area contributed by atoms with Crippen molar-refractivity contribution in [2.75, 3.05) is 19.8 Å². The van der Waals surface area contributed by atoms with E-state index in [1.54, 1.807) is 6.20 Å². The molecule has 0 aliphatic carbocycles. The lowest BCUT2D eigenvalue weighted by molar-refractivity contribution is -0.173. The van der Waals surface area contributed by atoms with Crippen molar-refractivity contribution in [2.24, 2.45) is 0 Å². The lowest BCUT2D eigenvalue weighted by Crippen LogP contribution is -2.27. The Morgan fingerprint density at radius 3 is 2.82 bits per heavy atom. The Balaban J connectivity index is 2.17. The van der Waals surface area contributed by atoms with Gasteiger partial charge in [-0.05, 0) is 6.42 Å². The molecule has 0 saturated carbocycles.